The van der Waals surface area contributed by atoms with E-state index < -0.39 is 5.82 Å². The molecule has 0 saturated carbocycles. The molecule has 1 heterocycles. The number of hydrogen-bond donors (Lipinski definition) is 1. The molecule has 0 aliphatic heterocycles. The van der Waals surface area contributed by atoms with E-state index >= 15 is 0 Å². The van der Waals surface area contributed by atoms with Crippen molar-refractivity contribution in [2.24, 2.45) is 0 Å². The quantitative estimate of drug-likeness (QED) is 0.657. The fraction of sp³-hybridized carbons (Fsp3) is 0.182. The average molecular weight is 396 g/mol. The highest BCUT2D eigenvalue weighted by molar-refractivity contribution is 5.94. The lowest BCUT2D eigenvalue weighted by atomic mass is 10.1. The predicted octanol–water partition coefficient (Wildman–Crippen LogP) is 3.84. The molecule has 150 valence electrons. The highest BCUT2D eigenvalue weighted by Gasteiger charge is 2.10. The molecule has 1 amide bonds. The van der Waals surface area contributed by atoms with Crippen molar-refractivity contribution in [1.29, 1.82) is 0 Å². The van der Waals surface area contributed by atoms with Crippen LogP contribution < -0.4 is 19.5 Å². The number of nitrogens with one attached hydrogen (secondary N) is 1. The Morgan fingerprint density at radius 3 is 2.41 bits per heavy atom. The largest absolute Gasteiger partial charge is 0.497 e. The third-order valence-corrected chi connectivity index (χ3v) is 4.33. The Bertz CT molecular complexity index is 1010. The molecule has 0 atom stereocenters. The van der Waals surface area contributed by atoms with Crippen LogP contribution in [0.15, 0.2) is 54.7 Å². The van der Waals surface area contributed by atoms with Gasteiger partial charge in [-0.25, -0.2) is 4.39 Å². The topological polar surface area (TPSA) is 69.7 Å². The summed E-state index contributed by atoms with van der Waals surface area (Å²) in [5, 5.41) is 2.84. The summed E-state index contributed by atoms with van der Waals surface area (Å²) in [7, 11) is 4.59. The summed E-state index contributed by atoms with van der Waals surface area (Å²) in [5.74, 6) is 0.930. The standard InChI is InChI=1S/C22H21FN2O4/c1-27-18-10-16(9-17(23)11-18)19-6-5-15(13-24-19)22(26)25-12-14-4-7-20(28-2)21(8-14)29-3/h4-11,13H,12H2,1-3H3,(H,25,26). The minimum absolute atomic E-state index is 0.268. The molecule has 2 aromatic carbocycles. The summed E-state index contributed by atoms with van der Waals surface area (Å²) < 4.78 is 29.2. The number of methoxy groups -OCH3 is 3. The summed E-state index contributed by atoms with van der Waals surface area (Å²) in [6, 6.07) is 13.1. The molecule has 6 nitrogen and oxygen atoms in total. The molecule has 7 heteroatoms. The first-order valence-electron chi connectivity index (χ1n) is 8.84. The summed E-state index contributed by atoms with van der Waals surface area (Å²) in [4.78, 5) is 16.7. The summed E-state index contributed by atoms with van der Waals surface area (Å²) in [6.07, 6.45) is 1.46. The molecule has 3 aromatic rings. The van der Waals surface area contributed by atoms with E-state index in [1.807, 2.05) is 6.07 Å². The molecule has 3 rings (SSSR count). The Hall–Kier alpha value is -3.61. The zero-order valence-electron chi connectivity index (χ0n) is 16.4. The number of pyridine rings is 1. The number of aromatic nitrogens is 1. The molecular weight excluding hydrogens is 375 g/mol. The molecule has 0 aliphatic carbocycles. The summed E-state index contributed by atoms with van der Waals surface area (Å²) in [5.41, 5.74) is 2.38. The summed E-state index contributed by atoms with van der Waals surface area (Å²) >= 11 is 0. The van der Waals surface area contributed by atoms with E-state index in [0.29, 0.717) is 40.6 Å². The maximum atomic E-state index is 13.7. The van der Waals surface area contributed by atoms with Crippen LogP contribution >= 0.6 is 0 Å². The highest BCUT2D eigenvalue weighted by atomic mass is 19.1. The fourth-order valence-electron chi connectivity index (χ4n) is 2.80. The first-order chi connectivity index (χ1) is 14.0. The third kappa shape index (κ3) is 4.82. The van der Waals surface area contributed by atoms with Gasteiger partial charge in [0.15, 0.2) is 11.5 Å². The predicted molar refractivity (Wildman–Crippen MR) is 107 cm³/mol. The van der Waals surface area contributed by atoms with Gasteiger partial charge in [-0.1, -0.05) is 6.07 Å². The van der Waals surface area contributed by atoms with E-state index in [2.05, 4.69) is 10.3 Å². The van der Waals surface area contributed by atoms with Gasteiger partial charge < -0.3 is 19.5 Å². The van der Waals surface area contributed by atoms with Crippen molar-refractivity contribution in [3.05, 3.63) is 71.7 Å². The number of halogens is 1. The second-order valence-electron chi connectivity index (χ2n) is 6.18. The second kappa shape index (κ2) is 9.05. The second-order valence-corrected chi connectivity index (χ2v) is 6.18. The Morgan fingerprint density at radius 1 is 0.966 bits per heavy atom. The highest BCUT2D eigenvalue weighted by Crippen LogP contribution is 2.27. The van der Waals surface area contributed by atoms with E-state index in [9.17, 15) is 9.18 Å². The Kier molecular flexibility index (Phi) is 6.29. The van der Waals surface area contributed by atoms with Crippen LogP contribution in [0.1, 0.15) is 15.9 Å². The number of benzene rings is 2. The molecule has 0 radical (unpaired) electrons. The van der Waals surface area contributed by atoms with Crippen LogP contribution in [0.25, 0.3) is 11.3 Å². The van der Waals surface area contributed by atoms with E-state index in [4.69, 9.17) is 14.2 Å². The fourth-order valence-corrected chi connectivity index (χ4v) is 2.80. The number of carbonyl (C=O) groups excluding carboxylic acids is 1. The van der Waals surface area contributed by atoms with Gasteiger partial charge in [0, 0.05) is 24.4 Å². The normalized spacial score (nSPS) is 10.3. The third-order valence-electron chi connectivity index (χ3n) is 4.33. The first kappa shape index (κ1) is 20.1. The molecule has 1 N–H and O–H groups in total. The molecule has 0 saturated heterocycles. The number of carbonyl (C=O) groups is 1. The van der Waals surface area contributed by atoms with Crippen LogP contribution in [0, 0.1) is 5.82 Å². The minimum Gasteiger partial charge on any atom is -0.497 e. The first-order valence-corrected chi connectivity index (χ1v) is 8.84. The molecular formula is C22H21FN2O4. The van der Waals surface area contributed by atoms with E-state index in [1.165, 1.54) is 25.4 Å². The van der Waals surface area contributed by atoms with Crippen LogP contribution in [0.4, 0.5) is 4.39 Å². The van der Waals surface area contributed by atoms with Crippen molar-refractivity contribution < 1.29 is 23.4 Å². The van der Waals surface area contributed by atoms with Gasteiger partial charge in [0.2, 0.25) is 0 Å². The lowest BCUT2D eigenvalue weighted by Gasteiger charge is -2.10. The number of amides is 1. The van der Waals surface area contributed by atoms with Gasteiger partial charge in [-0.2, -0.15) is 0 Å². The molecule has 0 spiro atoms. The minimum atomic E-state index is -0.419. The number of ether oxygens (including phenoxy) is 3. The van der Waals surface area contributed by atoms with Gasteiger partial charge in [0.05, 0.1) is 32.6 Å². The number of rotatable bonds is 7. The zero-order chi connectivity index (χ0) is 20.8. The van der Waals surface area contributed by atoms with Gasteiger partial charge in [-0.3, -0.25) is 9.78 Å². The van der Waals surface area contributed by atoms with Crippen molar-refractivity contribution in [3.63, 3.8) is 0 Å². The maximum absolute atomic E-state index is 13.7. The Morgan fingerprint density at radius 2 is 1.76 bits per heavy atom. The van der Waals surface area contributed by atoms with Gasteiger partial charge >= 0.3 is 0 Å². The number of nitrogens with zero attached hydrogens (tertiary/aromatic N) is 1. The van der Waals surface area contributed by atoms with Gasteiger partial charge in [0.25, 0.3) is 5.91 Å². The van der Waals surface area contributed by atoms with E-state index in [-0.39, 0.29) is 5.91 Å². The van der Waals surface area contributed by atoms with Gasteiger partial charge in [0.1, 0.15) is 11.6 Å². The molecule has 0 unspecified atom stereocenters. The average Bonchev–Trinajstić information content (AvgIpc) is 2.76. The van der Waals surface area contributed by atoms with Crippen LogP contribution in [-0.4, -0.2) is 32.2 Å². The van der Waals surface area contributed by atoms with Crippen LogP contribution in [0.3, 0.4) is 0 Å². The molecule has 0 aliphatic rings. The van der Waals surface area contributed by atoms with Crippen molar-refractivity contribution in [2.75, 3.05) is 21.3 Å². The smallest absolute Gasteiger partial charge is 0.253 e. The molecule has 1 aromatic heterocycles. The lowest BCUT2D eigenvalue weighted by molar-refractivity contribution is 0.0950. The zero-order valence-corrected chi connectivity index (χ0v) is 16.4. The summed E-state index contributed by atoms with van der Waals surface area (Å²) in [6.45, 7) is 0.321. The van der Waals surface area contributed by atoms with E-state index in [1.54, 1.807) is 44.6 Å². The molecule has 29 heavy (non-hydrogen) atoms. The maximum Gasteiger partial charge on any atom is 0.253 e. The van der Waals surface area contributed by atoms with Crippen LogP contribution in [0.5, 0.6) is 17.2 Å². The Labute approximate surface area is 168 Å². The molecule has 0 fully saturated rings. The Balaban J connectivity index is 1.69. The SMILES string of the molecule is COc1cc(F)cc(-c2ccc(C(=O)NCc3ccc(OC)c(OC)c3)cn2)c1. The van der Waals surface area contributed by atoms with Crippen LogP contribution in [-0.2, 0) is 6.54 Å². The monoisotopic (exact) mass is 396 g/mol. The van der Waals surface area contributed by atoms with Gasteiger partial charge in [-0.05, 0) is 42.0 Å². The van der Waals surface area contributed by atoms with Crippen molar-refractivity contribution in [1.82, 2.24) is 10.3 Å². The van der Waals surface area contributed by atoms with Crippen molar-refractivity contribution >= 4 is 5.91 Å². The molecule has 0 bridgehead atoms. The van der Waals surface area contributed by atoms with Crippen molar-refractivity contribution in [3.8, 4) is 28.5 Å². The van der Waals surface area contributed by atoms with Crippen LogP contribution in [0.2, 0.25) is 0 Å². The van der Waals surface area contributed by atoms with Crippen molar-refractivity contribution in [2.45, 2.75) is 6.54 Å². The number of hydrogen-bond acceptors (Lipinski definition) is 5. The van der Waals surface area contributed by atoms with Gasteiger partial charge in [-0.15, -0.1) is 0 Å². The lowest BCUT2D eigenvalue weighted by Crippen LogP contribution is -2.22. The van der Waals surface area contributed by atoms with E-state index in [0.717, 1.165) is 5.56 Å².